The Kier molecular flexibility index (Phi) is 3.32. The molecule has 2 aromatic heterocycles. The molecule has 124 valence electrons. The van der Waals surface area contributed by atoms with Gasteiger partial charge in [0.2, 0.25) is 0 Å². The number of hydrogen-bond acceptors (Lipinski definition) is 2. The number of rotatable bonds is 2. The molecule has 1 fully saturated rings. The van der Waals surface area contributed by atoms with Gasteiger partial charge in [0, 0.05) is 30.1 Å². The van der Waals surface area contributed by atoms with Gasteiger partial charge in [0.15, 0.2) is 0 Å². The lowest BCUT2D eigenvalue weighted by Gasteiger charge is -2.10. The first-order valence-corrected chi connectivity index (χ1v) is 7.62. The van der Waals surface area contributed by atoms with Gasteiger partial charge in [0.1, 0.15) is 11.6 Å². The Morgan fingerprint density at radius 1 is 1.12 bits per heavy atom. The third kappa shape index (κ3) is 2.53. The quantitative estimate of drug-likeness (QED) is 0.588. The second kappa shape index (κ2) is 5.17. The summed E-state index contributed by atoms with van der Waals surface area (Å²) in [6, 6.07) is 3.79. The Balaban J connectivity index is 1.95. The molecule has 0 radical (unpaired) electrons. The average molecular weight is 356 g/mol. The molecule has 8 heteroatoms. The first-order valence-electron chi connectivity index (χ1n) is 7.24. The lowest BCUT2D eigenvalue weighted by Crippen LogP contribution is -2.06. The summed E-state index contributed by atoms with van der Waals surface area (Å²) >= 11 is 5.85. The van der Waals surface area contributed by atoms with Crippen LogP contribution in [-0.2, 0) is 6.18 Å². The first kappa shape index (κ1) is 15.4. The van der Waals surface area contributed by atoms with E-state index in [0.717, 1.165) is 25.1 Å². The molecule has 0 bridgehead atoms. The fourth-order valence-electron chi connectivity index (χ4n) is 2.71. The van der Waals surface area contributed by atoms with Gasteiger partial charge in [-0.3, -0.25) is 4.98 Å². The number of aromatic nitrogens is 3. The van der Waals surface area contributed by atoms with Crippen LogP contribution in [0, 0.1) is 5.82 Å². The van der Waals surface area contributed by atoms with Crippen LogP contribution in [0.25, 0.3) is 22.4 Å². The van der Waals surface area contributed by atoms with Crippen molar-refractivity contribution in [2.75, 3.05) is 0 Å². The monoisotopic (exact) mass is 355 g/mol. The lowest BCUT2D eigenvalue weighted by molar-refractivity contribution is -0.137. The van der Waals surface area contributed by atoms with Crippen molar-refractivity contribution < 1.29 is 17.6 Å². The van der Waals surface area contributed by atoms with E-state index in [4.69, 9.17) is 11.6 Å². The molecule has 0 unspecified atom stereocenters. The number of fused-ring (bicyclic) bond motifs is 1. The van der Waals surface area contributed by atoms with Gasteiger partial charge in [-0.2, -0.15) is 13.2 Å². The molecule has 24 heavy (non-hydrogen) atoms. The van der Waals surface area contributed by atoms with Crippen LogP contribution in [0.5, 0.6) is 0 Å². The second-order valence-electron chi connectivity index (χ2n) is 5.75. The summed E-state index contributed by atoms with van der Waals surface area (Å²) in [6.07, 6.45) is -0.619. The van der Waals surface area contributed by atoms with Crippen LogP contribution in [-0.4, -0.2) is 14.5 Å². The highest BCUT2D eigenvalue weighted by Crippen LogP contribution is 2.42. The molecule has 0 atom stereocenters. The summed E-state index contributed by atoms with van der Waals surface area (Å²) in [4.78, 5) is 8.01. The third-order valence-corrected chi connectivity index (χ3v) is 4.26. The maximum atomic E-state index is 13.7. The number of halogens is 5. The summed E-state index contributed by atoms with van der Waals surface area (Å²) in [7, 11) is 0. The minimum atomic E-state index is -4.49. The van der Waals surface area contributed by atoms with Crippen molar-refractivity contribution in [3.05, 3.63) is 47.0 Å². The van der Waals surface area contributed by atoms with E-state index in [1.54, 1.807) is 0 Å². The molecule has 3 aromatic rings. The van der Waals surface area contributed by atoms with Crippen LogP contribution in [0.4, 0.5) is 17.6 Å². The third-order valence-electron chi connectivity index (χ3n) is 3.97. The molecule has 0 saturated heterocycles. The van der Waals surface area contributed by atoms with Gasteiger partial charge in [0.25, 0.3) is 0 Å². The topological polar surface area (TPSA) is 30.7 Å². The van der Waals surface area contributed by atoms with Crippen LogP contribution >= 0.6 is 11.6 Å². The van der Waals surface area contributed by atoms with Gasteiger partial charge in [-0.1, -0.05) is 11.6 Å². The van der Waals surface area contributed by atoms with Crippen LogP contribution in [0.15, 0.2) is 30.6 Å². The van der Waals surface area contributed by atoms with Gasteiger partial charge in [-0.25, -0.2) is 9.37 Å². The van der Waals surface area contributed by atoms with Crippen LogP contribution in [0.1, 0.15) is 24.4 Å². The first-order chi connectivity index (χ1) is 11.3. The van der Waals surface area contributed by atoms with Crippen molar-refractivity contribution in [1.82, 2.24) is 14.5 Å². The zero-order valence-electron chi connectivity index (χ0n) is 12.1. The number of alkyl halides is 3. The van der Waals surface area contributed by atoms with E-state index in [1.165, 1.54) is 18.3 Å². The average Bonchev–Trinajstić information content (AvgIpc) is 3.30. The van der Waals surface area contributed by atoms with Crippen molar-refractivity contribution in [3.8, 4) is 11.4 Å². The molecule has 0 spiro atoms. The van der Waals surface area contributed by atoms with Crippen molar-refractivity contribution in [1.29, 1.82) is 0 Å². The maximum Gasteiger partial charge on any atom is 0.417 e. The normalized spacial score (nSPS) is 15.2. The van der Waals surface area contributed by atoms with E-state index >= 15 is 0 Å². The Bertz CT molecular complexity index is 944. The largest absolute Gasteiger partial charge is 0.417 e. The number of nitrogens with zero attached hydrogens (tertiary/aromatic N) is 3. The molecule has 1 aliphatic rings. The van der Waals surface area contributed by atoms with Crippen molar-refractivity contribution in [2.45, 2.75) is 25.1 Å². The maximum absolute atomic E-state index is 13.7. The van der Waals surface area contributed by atoms with E-state index in [1.807, 2.05) is 4.57 Å². The van der Waals surface area contributed by atoms with E-state index in [2.05, 4.69) is 9.97 Å². The molecular formula is C16H10ClF4N3. The SMILES string of the molecule is Fc1cc2nc(-c3cncc(C(F)(F)F)c3)n(C3CC3)c2cc1Cl. The molecule has 3 nitrogen and oxygen atoms in total. The van der Waals surface area contributed by atoms with Gasteiger partial charge in [-0.15, -0.1) is 0 Å². The number of hydrogen-bond donors (Lipinski definition) is 0. The summed E-state index contributed by atoms with van der Waals surface area (Å²) < 4.78 is 54.3. The van der Waals surface area contributed by atoms with Gasteiger partial charge < -0.3 is 4.57 Å². The smallest absolute Gasteiger partial charge is 0.321 e. The van der Waals surface area contributed by atoms with E-state index in [9.17, 15) is 17.6 Å². The number of benzene rings is 1. The van der Waals surface area contributed by atoms with E-state index in [-0.39, 0.29) is 16.6 Å². The van der Waals surface area contributed by atoms with Crippen LogP contribution in [0.2, 0.25) is 5.02 Å². The predicted octanol–water partition coefficient (Wildman–Crippen LogP) is 5.24. The number of pyridine rings is 1. The minimum absolute atomic E-state index is 0.0435. The van der Waals surface area contributed by atoms with Crippen molar-refractivity contribution >= 4 is 22.6 Å². The molecule has 1 saturated carbocycles. The molecule has 4 rings (SSSR count). The van der Waals surface area contributed by atoms with Crippen molar-refractivity contribution in [2.24, 2.45) is 0 Å². The highest BCUT2D eigenvalue weighted by molar-refractivity contribution is 6.31. The molecular weight excluding hydrogens is 346 g/mol. The Morgan fingerprint density at radius 3 is 2.54 bits per heavy atom. The lowest BCUT2D eigenvalue weighted by atomic mass is 10.2. The molecule has 0 amide bonds. The minimum Gasteiger partial charge on any atom is -0.321 e. The van der Waals surface area contributed by atoms with Gasteiger partial charge >= 0.3 is 6.18 Å². The molecule has 0 aliphatic heterocycles. The van der Waals surface area contributed by atoms with E-state index < -0.39 is 17.6 Å². The van der Waals surface area contributed by atoms with Gasteiger partial charge in [-0.05, 0) is 25.0 Å². The highest BCUT2D eigenvalue weighted by atomic mass is 35.5. The molecule has 1 aliphatic carbocycles. The van der Waals surface area contributed by atoms with Crippen LogP contribution < -0.4 is 0 Å². The summed E-state index contributed by atoms with van der Waals surface area (Å²) in [6.45, 7) is 0. The fraction of sp³-hybridized carbons (Fsp3) is 0.250. The molecule has 0 N–H and O–H groups in total. The second-order valence-corrected chi connectivity index (χ2v) is 6.16. The standard InChI is InChI=1S/C16H10ClF4N3/c17-11-4-14-13(5-12(11)18)23-15(24(14)10-1-2-10)8-3-9(7-22-6-8)16(19,20)21/h3-7,10H,1-2H2. The summed E-state index contributed by atoms with van der Waals surface area (Å²) in [5.41, 5.74) is 0.357. The predicted molar refractivity (Wildman–Crippen MR) is 81.2 cm³/mol. The van der Waals surface area contributed by atoms with Gasteiger partial charge in [0.05, 0.1) is 21.6 Å². The summed E-state index contributed by atoms with van der Waals surface area (Å²) in [5.74, 6) is -0.272. The zero-order chi connectivity index (χ0) is 17.1. The van der Waals surface area contributed by atoms with E-state index in [0.29, 0.717) is 16.9 Å². The molecule has 2 heterocycles. The van der Waals surface area contributed by atoms with Crippen LogP contribution in [0.3, 0.4) is 0 Å². The fourth-order valence-corrected chi connectivity index (χ4v) is 2.87. The zero-order valence-corrected chi connectivity index (χ0v) is 12.9. The summed E-state index contributed by atoms with van der Waals surface area (Å²) in [5, 5.41) is -0.0435. The Labute approximate surface area is 138 Å². The molecule has 1 aromatic carbocycles. The Morgan fingerprint density at radius 2 is 1.88 bits per heavy atom. The number of imidazole rings is 1. The highest BCUT2D eigenvalue weighted by Gasteiger charge is 2.33. The van der Waals surface area contributed by atoms with Crippen molar-refractivity contribution in [3.63, 3.8) is 0 Å². The Hall–Kier alpha value is -2.15.